The summed E-state index contributed by atoms with van der Waals surface area (Å²) in [5.74, 6) is 1.70. The molecule has 0 N–H and O–H groups in total. The summed E-state index contributed by atoms with van der Waals surface area (Å²) < 4.78 is 9.57. The number of hydrogen-bond acceptors (Lipinski definition) is 4. The zero-order valence-electron chi connectivity index (χ0n) is 33.5. The van der Waals surface area contributed by atoms with Crippen LogP contribution in [0, 0.1) is 0 Å². The van der Waals surface area contributed by atoms with Crippen LogP contribution in [0.2, 0.25) is 0 Å². The van der Waals surface area contributed by atoms with E-state index in [0.29, 0.717) is 17.5 Å². The number of hydrogen-bond donors (Lipinski definition) is 0. The highest BCUT2D eigenvalue weighted by Gasteiger charge is 2.24. The molecule has 290 valence electrons. The van der Waals surface area contributed by atoms with Crippen molar-refractivity contribution in [2.24, 2.45) is 0 Å². The van der Waals surface area contributed by atoms with Gasteiger partial charge in [0.2, 0.25) is 0 Å². The molecule has 5 nitrogen and oxygen atoms in total. The molecule has 0 aliphatic carbocycles. The lowest BCUT2D eigenvalue weighted by molar-refractivity contribution is 0.670. The van der Waals surface area contributed by atoms with Gasteiger partial charge in [-0.05, 0) is 70.3 Å². The Labute approximate surface area is 357 Å². The number of nitrogens with zero attached hydrogens (tertiary/aromatic N) is 4. The van der Waals surface area contributed by atoms with E-state index in [-0.39, 0.29) is 0 Å². The third-order valence-corrected chi connectivity index (χ3v) is 11.9. The Morgan fingerprint density at radius 3 is 1.53 bits per heavy atom. The molecule has 0 unspecified atom stereocenters. The summed E-state index contributed by atoms with van der Waals surface area (Å²) in [5.41, 5.74) is 13.9. The topological polar surface area (TPSA) is 56.7 Å². The summed E-state index contributed by atoms with van der Waals surface area (Å²) >= 11 is 0. The predicted molar refractivity (Wildman–Crippen MR) is 254 cm³/mol. The van der Waals surface area contributed by atoms with Crippen LogP contribution in [0.3, 0.4) is 0 Å². The van der Waals surface area contributed by atoms with E-state index in [9.17, 15) is 0 Å². The van der Waals surface area contributed by atoms with Crippen molar-refractivity contribution >= 4 is 43.7 Å². The molecule has 0 bridgehead atoms. The van der Waals surface area contributed by atoms with E-state index in [1.54, 1.807) is 0 Å². The SMILES string of the molecule is c1ccc(-c2cc(-c3ccccc3)c3oc4c(-c5nc(-c6ccccc6)nc(-c6cccc7c6c6ccccc6n7-c6ccccc6)n5)ccc(-c5ccccc5)c4c3c2)cc1. The molecule has 0 spiro atoms. The van der Waals surface area contributed by atoms with Crippen LogP contribution >= 0.6 is 0 Å². The monoisotopic (exact) mass is 792 g/mol. The van der Waals surface area contributed by atoms with Crippen LogP contribution in [0.15, 0.2) is 223 Å². The van der Waals surface area contributed by atoms with Gasteiger partial charge in [0.05, 0.1) is 16.6 Å². The second-order valence-corrected chi connectivity index (χ2v) is 15.5. The van der Waals surface area contributed by atoms with Crippen LogP contribution < -0.4 is 0 Å². The Kier molecular flexibility index (Phi) is 8.42. The van der Waals surface area contributed by atoms with Gasteiger partial charge in [0.15, 0.2) is 17.5 Å². The number of para-hydroxylation sites is 2. The molecule has 62 heavy (non-hydrogen) atoms. The fraction of sp³-hybridized carbons (Fsp3) is 0. The molecular weight excluding hydrogens is 757 g/mol. The molecule has 12 rings (SSSR count). The molecule has 0 saturated heterocycles. The Bertz CT molecular complexity index is 3600. The van der Waals surface area contributed by atoms with E-state index < -0.39 is 0 Å². The normalized spacial score (nSPS) is 11.5. The highest BCUT2D eigenvalue weighted by Crippen LogP contribution is 2.46. The number of fused-ring (bicyclic) bond motifs is 6. The Hall–Kier alpha value is -8.41. The second-order valence-electron chi connectivity index (χ2n) is 15.5. The van der Waals surface area contributed by atoms with Crippen molar-refractivity contribution in [1.29, 1.82) is 0 Å². The van der Waals surface area contributed by atoms with Crippen molar-refractivity contribution in [3.05, 3.63) is 218 Å². The highest BCUT2D eigenvalue weighted by atomic mass is 16.3. The second kappa shape index (κ2) is 14.7. The summed E-state index contributed by atoms with van der Waals surface area (Å²) in [6.45, 7) is 0. The first kappa shape index (κ1) is 35.5. The minimum absolute atomic E-state index is 0.533. The zero-order chi connectivity index (χ0) is 41.0. The molecule has 5 heteroatoms. The quantitative estimate of drug-likeness (QED) is 0.161. The van der Waals surface area contributed by atoms with Crippen molar-refractivity contribution in [3.63, 3.8) is 0 Å². The summed E-state index contributed by atoms with van der Waals surface area (Å²) in [7, 11) is 0. The Balaban J connectivity index is 1.17. The van der Waals surface area contributed by atoms with Crippen LogP contribution in [0.4, 0.5) is 0 Å². The first-order valence-corrected chi connectivity index (χ1v) is 20.9. The molecule has 0 aliphatic rings. The van der Waals surface area contributed by atoms with Gasteiger partial charge < -0.3 is 8.98 Å². The third kappa shape index (κ3) is 5.90. The third-order valence-electron chi connectivity index (χ3n) is 11.9. The van der Waals surface area contributed by atoms with E-state index in [4.69, 9.17) is 19.4 Å². The maximum Gasteiger partial charge on any atom is 0.167 e. The van der Waals surface area contributed by atoms with Crippen LogP contribution in [-0.2, 0) is 0 Å². The van der Waals surface area contributed by atoms with Crippen LogP contribution in [0.25, 0.3) is 117 Å². The van der Waals surface area contributed by atoms with Crippen LogP contribution in [0.1, 0.15) is 0 Å². The Morgan fingerprint density at radius 1 is 0.306 bits per heavy atom. The van der Waals surface area contributed by atoms with E-state index in [1.165, 1.54) is 0 Å². The van der Waals surface area contributed by atoms with E-state index in [0.717, 1.165) is 99.5 Å². The minimum atomic E-state index is 0.533. The molecule has 3 aromatic heterocycles. The fourth-order valence-electron chi connectivity index (χ4n) is 9.04. The van der Waals surface area contributed by atoms with Gasteiger partial charge >= 0.3 is 0 Å². The largest absolute Gasteiger partial charge is 0.455 e. The van der Waals surface area contributed by atoms with Crippen molar-refractivity contribution in [2.45, 2.75) is 0 Å². The lowest BCUT2D eigenvalue weighted by Crippen LogP contribution is -2.01. The standard InChI is InChI=1S/C57H36N4O/c1-6-19-37(20-7-1)41-35-47(39-23-10-3-11-24-39)53-48(36-41)52-43(38-21-8-2-9-22-38)33-34-46(54(52)62-53)57-59-55(40-25-12-4-13-26-40)58-56(60-57)45-30-18-32-50-51(45)44-29-16-17-31-49(44)61(50)42-27-14-5-15-28-42/h1-36H. The number of benzene rings is 9. The highest BCUT2D eigenvalue weighted by molar-refractivity contribution is 6.20. The van der Waals surface area contributed by atoms with Gasteiger partial charge in [0, 0.05) is 43.9 Å². The average Bonchev–Trinajstić information content (AvgIpc) is 3.91. The summed E-state index contributed by atoms with van der Waals surface area (Å²) in [6.07, 6.45) is 0. The number of furan rings is 1. The van der Waals surface area contributed by atoms with Gasteiger partial charge in [0.25, 0.3) is 0 Å². The minimum Gasteiger partial charge on any atom is -0.455 e. The molecular formula is C57H36N4O. The lowest BCUT2D eigenvalue weighted by atomic mass is 9.92. The molecule has 0 radical (unpaired) electrons. The van der Waals surface area contributed by atoms with Gasteiger partial charge in [-0.3, -0.25) is 0 Å². The molecule has 0 aliphatic heterocycles. The summed E-state index contributed by atoms with van der Waals surface area (Å²) in [4.78, 5) is 16.0. The Morgan fingerprint density at radius 2 is 0.839 bits per heavy atom. The first-order chi connectivity index (χ1) is 30.8. The smallest absolute Gasteiger partial charge is 0.167 e. The van der Waals surface area contributed by atoms with Gasteiger partial charge in [-0.2, -0.15) is 0 Å². The predicted octanol–water partition coefficient (Wildman–Crippen LogP) is 14.9. The molecule has 9 aromatic carbocycles. The molecule has 3 heterocycles. The van der Waals surface area contributed by atoms with E-state index in [2.05, 4.69) is 205 Å². The first-order valence-electron chi connectivity index (χ1n) is 20.9. The van der Waals surface area contributed by atoms with Crippen molar-refractivity contribution < 1.29 is 4.42 Å². The molecule has 12 aromatic rings. The van der Waals surface area contributed by atoms with Crippen molar-refractivity contribution in [2.75, 3.05) is 0 Å². The average molecular weight is 793 g/mol. The summed E-state index contributed by atoms with van der Waals surface area (Å²) in [6, 6.07) is 76.1. The fourth-order valence-corrected chi connectivity index (χ4v) is 9.04. The van der Waals surface area contributed by atoms with Gasteiger partial charge in [0.1, 0.15) is 11.2 Å². The number of aromatic nitrogens is 4. The maximum absolute atomic E-state index is 7.24. The van der Waals surface area contributed by atoms with Gasteiger partial charge in [-0.15, -0.1) is 0 Å². The molecule has 0 saturated carbocycles. The van der Waals surface area contributed by atoms with Crippen LogP contribution in [0.5, 0.6) is 0 Å². The van der Waals surface area contributed by atoms with E-state index >= 15 is 0 Å². The zero-order valence-corrected chi connectivity index (χ0v) is 33.5. The van der Waals surface area contributed by atoms with Gasteiger partial charge in [-0.1, -0.05) is 176 Å². The van der Waals surface area contributed by atoms with Gasteiger partial charge in [-0.25, -0.2) is 15.0 Å². The van der Waals surface area contributed by atoms with E-state index in [1.807, 2.05) is 18.2 Å². The van der Waals surface area contributed by atoms with Crippen LogP contribution in [-0.4, -0.2) is 19.5 Å². The van der Waals surface area contributed by atoms with Crippen molar-refractivity contribution in [1.82, 2.24) is 19.5 Å². The molecule has 0 fully saturated rings. The van der Waals surface area contributed by atoms with Crippen molar-refractivity contribution in [3.8, 4) is 73.2 Å². The lowest BCUT2D eigenvalue weighted by Gasteiger charge is -2.12. The summed E-state index contributed by atoms with van der Waals surface area (Å²) in [5, 5.41) is 4.24. The molecule has 0 amide bonds. The maximum atomic E-state index is 7.24. The molecule has 0 atom stereocenters. The number of rotatable bonds is 7.